The number of fused-ring (bicyclic) bond motifs is 1. The van der Waals surface area contributed by atoms with Crippen LogP contribution in [0, 0.1) is 6.92 Å². The number of aryl methyl sites for hydroxylation is 1. The molecule has 120 valence electrons. The molecule has 4 rings (SSSR count). The number of nitrogens with zero attached hydrogens (tertiary/aromatic N) is 3. The minimum atomic E-state index is 0.708. The van der Waals surface area contributed by atoms with Gasteiger partial charge in [-0.05, 0) is 0 Å². The maximum absolute atomic E-state index is 4.86. The van der Waals surface area contributed by atoms with Crippen molar-refractivity contribution in [2.45, 2.75) is 6.92 Å². The summed E-state index contributed by atoms with van der Waals surface area (Å²) in [7, 11) is 0. The predicted molar refractivity (Wildman–Crippen MR) is 106 cm³/mol. The van der Waals surface area contributed by atoms with Crippen LogP contribution in [0.2, 0.25) is 0 Å². The van der Waals surface area contributed by atoms with Gasteiger partial charge in [-0.25, -0.2) is 0 Å². The van der Waals surface area contributed by atoms with Gasteiger partial charge in [-0.1, -0.05) is 0 Å². The van der Waals surface area contributed by atoms with Gasteiger partial charge in [0.05, 0.1) is 0 Å². The average molecular weight is 450 g/mol. The van der Waals surface area contributed by atoms with Crippen molar-refractivity contribution >= 4 is 48.3 Å². The maximum atomic E-state index is 4.86. The Labute approximate surface area is 163 Å². The van der Waals surface area contributed by atoms with Crippen LogP contribution in [-0.2, 0) is 0 Å². The zero-order valence-electron chi connectivity index (χ0n) is 13.4. The Morgan fingerprint density at radius 1 is 0.880 bits per heavy atom. The van der Waals surface area contributed by atoms with Gasteiger partial charge in [-0.15, -0.1) is 0 Å². The van der Waals surface area contributed by atoms with Gasteiger partial charge < -0.3 is 0 Å². The molecule has 25 heavy (non-hydrogen) atoms. The standard InChI is InChI=1S/C20H13AsBrN3/c1-12-2-4-13(5-3-12)16-10-17-19(21)23-11-24-20(17)25-18(16)14-6-8-15(22)9-7-14/h2-11H,1H3. The summed E-state index contributed by atoms with van der Waals surface area (Å²) < 4.78 is 1.92. The molecule has 0 aliphatic heterocycles. The Hall–Kier alpha value is -2.03. The van der Waals surface area contributed by atoms with E-state index in [0.717, 1.165) is 36.7 Å². The summed E-state index contributed by atoms with van der Waals surface area (Å²) in [5, 5.41) is 0.957. The van der Waals surface area contributed by atoms with E-state index in [2.05, 4.69) is 92.1 Å². The fraction of sp³-hybridized carbons (Fsp3) is 0.0500. The molecule has 2 aromatic carbocycles. The van der Waals surface area contributed by atoms with Gasteiger partial charge >= 0.3 is 164 Å². The first-order chi connectivity index (χ1) is 12.1. The SMILES string of the molecule is Cc1ccc(-c2cc3c([As])ncnc3nc2-c2ccc(Br)cc2)cc1. The Kier molecular flexibility index (Phi) is 4.41. The van der Waals surface area contributed by atoms with Crippen molar-refractivity contribution in [2.75, 3.05) is 0 Å². The van der Waals surface area contributed by atoms with E-state index < -0.39 is 0 Å². The van der Waals surface area contributed by atoms with Crippen LogP contribution in [0.4, 0.5) is 0 Å². The van der Waals surface area contributed by atoms with Crippen LogP contribution < -0.4 is 4.48 Å². The molecule has 0 spiro atoms. The van der Waals surface area contributed by atoms with Crippen LogP contribution in [0.15, 0.2) is 65.4 Å². The number of rotatable bonds is 2. The van der Waals surface area contributed by atoms with Gasteiger partial charge in [-0.3, -0.25) is 0 Å². The van der Waals surface area contributed by atoms with Crippen molar-refractivity contribution in [2.24, 2.45) is 0 Å². The van der Waals surface area contributed by atoms with Gasteiger partial charge in [0.15, 0.2) is 0 Å². The van der Waals surface area contributed by atoms with Gasteiger partial charge in [0.25, 0.3) is 0 Å². The van der Waals surface area contributed by atoms with Crippen molar-refractivity contribution in [3.8, 4) is 22.4 Å². The minimum absolute atomic E-state index is 0.708. The first-order valence-corrected chi connectivity index (χ1v) is 9.52. The molecule has 2 heterocycles. The summed E-state index contributed by atoms with van der Waals surface area (Å²) in [6.45, 7) is 2.09. The topological polar surface area (TPSA) is 38.7 Å². The van der Waals surface area contributed by atoms with Crippen LogP contribution in [-0.4, -0.2) is 31.8 Å². The van der Waals surface area contributed by atoms with Crippen molar-refractivity contribution in [1.82, 2.24) is 15.0 Å². The van der Waals surface area contributed by atoms with Gasteiger partial charge in [0.2, 0.25) is 0 Å². The molecule has 0 aliphatic carbocycles. The second-order valence-electron chi connectivity index (χ2n) is 5.83. The van der Waals surface area contributed by atoms with Gasteiger partial charge in [-0.2, -0.15) is 0 Å². The van der Waals surface area contributed by atoms with Crippen molar-refractivity contribution in [3.63, 3.8) is 0 Å². The Morgan fingerprint density at radius 2 is 1.56 bits per heavy atom. The number of benzene rings is 2. The van der Waals surface area contributed by atoms with E-state index in [1.807, 2.05) is 12.1 Å². The molecule has 4 aromatic rings. The van der Waals surface area contributed by atoms with Crippen molar-refractivity contribution in [3.05, 3.63) is 71.0 Å². The molecule has 2 aromatic heterocycles. The molecule has 0 saturated carbocycles. The van der Waals surface area contributed by atoms with Crippen LogP contribution in [0.1, 0.15) is 5.56 Å². The fourth-order valence-electron chi connectivity index (χ4n) is 2.76. The van der Waals surface area contributed by atoms with Gasteiger partial charge in [0.1, 0.15) is 0 Å². The predicted octanol–water partition coefficient (Wildman–Crippen LogP) is 4.22. The fourth-order valence-corrected chi connectivity index (χ4v) is 3.47. The zero-order chi connectivity index (χ0) is 17.4. The average Bonchev–Trinajstić information content (AvgIpc) is 2.63. The zero-order valence-corrected chi connectivity index (χ0v) is 16.9. The summed E-state index contributed by atoms with van der Waals surface area (Å²) in [6, 6.07) is 18.8. The summed E-state index contributed by atoms with van der Waals surface area (Å²) in [4.78, 5) is 13.5. The molecule has 5 heteroatoms. The van der Waals surface area contributed by atoms with Crippen molar-refractivity contribution in [1.29, 1.82) is 0 Å². The first-order valence-electron chi connectivity index (χ1n) is 7.79. The third-order valence-corrected chi connectivity index (χ3v) is 5.36. The summed E-state index contributed by atoms with van der Waals surface area (Å²) in [5.74, 6) is 0. The number of pyridine rings is 1. The van der Waals surface area contributed by atoms with E-state index in [9.17, 15) is 0 Å². The molecular formula is C20H13AsBrN3. The molecular weight excluding hydrogens is 437 g/mol. The number of aromatic nitrogens is 3. The molecule has 0 fully saturated rings. The molecule has 2 radical (unpaired) electrons. The molecule has 3 nitrogen and oxygen atoms in total. The number of hydrogen-bond acceptors (Lipinski definition) is 3. The van der Waals surface area contributed by atoms with E-state index >= 15 is 0 Å². The first kappa shape index (κ1) is 16.4. The van der Waals surface area contributed by atoms with Crippen molar-refractivity contribution < 1.29 is 0 Å². The molecule has 0 atom stereocenters. The van der Waals surface area contributed by atoms with E-state index in [4.69, 9.17) is 4.98 Å². The molecule has 0 bridgehead atoms. The third-order valence-electron chi connectivity index (χ3n) is 4.08. The van der Waals surface area contributed by atoms with E-state index in [1.165, 1.54) is 5.56 Å². The quantitative estimate of drug-likeness (QED) is 0.430. The van der Waals surface area contributed by atoms with Crippen LogP contribution in [0.25, 0.3) is 33.4 Å². The van der Waals surface area contributed by atoms with Crippen LogP contribution in [0.3, 0.4) is 0 Å². The summed E-state index contributed by atoms with van der Waals surface area (Å²) >= 11 is 5.99. The van der Waals surface area contributed by atoms with Gasteiger partial charge in [0, 0.05) is 0 Å². The van der Waals surface area contributed by atoms with Crippen LogP contribution >= 0.6 is 15.9 Å². The normalized spacial score (nSPS) is 11.0. The van der Waals surface area contributed by atoms with Crippen LogP contribution in [0.5, 0.6) is 0 Å². The second kappa shape index (κ2) is 6.70. The Balaban J connectivity index is 2.03. The molecule has 0 N–H and O–H groups in total. The summed E-state index contributed by atoms with van der Waals surface area (Å²) in [5.41, 5.74) is 6.14. The Bertz CT molecular complexity index is 1060. The van der Waals surface area contributed by atoms with E-state index in [0.29, 0.717) is 5.65 Å². The monoisotopic (exact) mass is 449 g/mol. The second-order valence-corrected chi connectivity index (χ2v) is 7.63. The molecule has 0 saturated heterocycles. The molecule has 0 amide bonds. The Morgan fingerprint density at radius 3 is 2.28 bits per heavy atom. The third kappa shape index (κ3) is 3.24. The number of halogens is 1. The summed E-state index contributed by atoms with van der Waals surface area (Å²) in [6.07, 6.45) is 1.56. The number of hydrogen-bond donors (Lipinski definition) is 0. The molecule has 0 unspecified atom stereocenters. The van der Waals surface area contributed by atoms with E-state index in [-0.39, 0.29) is 0 Å². The van der Waals surface area contributed by atoms with E-state index in [1.54, 1.807) is 6.33 Å². The molecule has 0 aliphatic rings.